The molecule has 12 nitrogen and oxygen atoms in total. The van der Waals surface area contributed by atoms with Gasteiger partial charge < -0.3 is 26.2 Å². The van der Waals surface area contributed by atoms with Crippen LogP contribution in [-0.2, 0) is 29.0 Å². The van der Waals surface area contributed by atoms with Gasteiger partial charge in [0.15, 0.2) is 9.84 Å². The highest BCUT2D eigenvalue weighted by atomic mass is 32.2. The summed E-state index contributed by atoms with van der Waals surface area (Å²) in [5.41, 5.74) is -1.69. The molecule has 0 aromatic rings. The zero-order valence-corrected chi connectivity index (χ0v) is 33.8. The van der Waals surface area contributed by atoms with Crippen LogP contribution in [0.1, 0.15) is 144 Å². The average molecular weight is 760 g/mol. The molecule has 1 heterocycles. The fourth-order valence-corrected chi connectivity index (χ4v) is 11.6. The zero-order chi connectivity index (χ0) is 38.6. The topological polar surface area (TPSA) is 171 Å². The lowest BCUT2D eigenvalue weighted by Crippen LogP contribution is -2.65. The second-order valence-electron chi connectivity index (χ2n) is 19.2. The molecule has 5 amide bonds. The molecule has 0 radical (unpaired) electrons. The van der Waals surface area contributed by atoms with Crippen LogP contribution in [0.2, 0.25) is 0 Å². The molecule has 298 valence electrons. The lowest BCUT2D eigenvalue weighted by atomic mass is 9.70. The molecule has 6 rings (SSSR count). The second-order valence-corrected chi connectivity index (χ2v) is 21.8. The van der Waals surface area contributed by atoms with Crippen molar-refractivity contribution >= 4 is 39.4 Å². The average Bonchev–Trinajstić information content (AvgIpc) is 4.06. The SMILES string of the molecule is CCC(C)(C)S(=O)(=O)CC1(NC(=O)N[C@H](C(=O)N2CC3[C@@H]([C@H]2C(=O)NC(CC2CC2)C(=O)C(=O)NC2CC2)C3(C)C)C2(C)CCCCC2)CCCCC1. The number of sulfone groups is 1. The second kappa shape index (κ2) is 14.8. The van der Waals surface area contributed by atoms with Gasteiger partial charge in [0.25, 0.3) is 5.91 Å². The number of urea groups is 1. The van der Waals surface area contributed by atoms with Gasteiger partial charge in [0.1, 0.15) is 12.1 Å². The minimum absolute atomic E-state index is 0.0167. The standard InChI is InChI=1S/C40H65N5O7S/c1-7-37(2,3)53(51,52)24-40(20-12-9-13-21-40)44-36(50)43-32(39(6)18-10-8-11-19-39)35(49)45-23-27-29(38(27,4)5)30(45)33(47)42-28(22-25-14-15-25)31(46)34(48)41-26-16-17-26/h25-30,32H,7-24H2,1-6H3,(H,41,48)(H,42,47)(H2,43,44,50)/t27?,28?,29-,30-,32+/m0/s1. The summed E-state index contributed by atoms with van der Waals surface area (Å²) in [4.78, 5) is 71.3. The Hall–Kier alpha value is -2.70. The van der Waals surface area contributed by atoms with Crippen molar-refractivity contribution in [3.63, 3.8) is 0 Å². The van der Waals surface area contributed by atoms with E-state index in [0.29, 0.717) is 32.2 Å². The summed E-state index contributed by atoms with van der Waals surface area (Å²) in [5.74, 6) is -1.94. The molecule has 1 aliphatic heterocycles. The molecule has 0 bridgehead atoms. The maximum absolute atomic E-state index is 15.0. The van der Waals surface area contributed by atoms with Crippen LogP contribution in [0.15, 0.2) is 0 Å². The minimum atomic E-state index is -3.57. The number of fused-ring (bicyclic) bond motifs is 1. The highest BCUT2D eigenvalue weighted by Crippen LogP contribution is 2.65. The molecule has 0 spiro atoms. The lowest BCUT2D eigenvalue weighted by Gasteiger charge is -2.44. The van der Waals surface area contributed by atoms with Crippen LogP contribution in [0.4, 0.5) is 4.79 Å². The Morgan fingerprint density at radius 3 is 2.02 bits per heavy atom. The van der Waals surface area contributed by atoms with Crippen LogP contribution < -0.4 is 21.3 Å². The van der Waals surface area contributed by atoms with Crippen molar-refractivity contribution in [2.45, 2.75) is 179 Å². The van der Waals surface area contributed by atoms with E-state index in [-0.39, 0.29) is 40.9 Å². The number of piperidine rings is 1. The van der Waals surface area contributed by atoms with Gasteiger partial charge in [0.05, 0.1) is 22.1 Å². The maximum atomic E-state index is 15.0. The Bertz CT molecular complexity index is 1560. The first-order valence-corrected chi connectivity index (χ1v) is 22.2. The summed E-state index contributed by atoms with van der Waals surface area (Å²) < 4.78 is 26.4. The number of nitrogens with one attached hydrogen (secondary N) is 4. The van der Waals surface area contributed by atoms with E-state index in [0.717, 1.165) is 77.0 Å². The number of Topliss-reactive ketones (excluding diaryl/α,β-unsaturated/α-hetero) is 1. The van der Waals surface area contributed by atoms with Gasteiger partial charge in [-0.3, -0.25) is 19.2 Å². The molecule has 0 aromatic carbocycles. The quantitative estimate of drug-likeness (QED) is 0.178. The summed E-state index contributed by atoms with van der Waals surface area (Å²) in [7, 11) is -3.57. The van der Waals surface area contributed by atoms with E-state index in [1.165, 1.54) is 0 Å². The van der Waals surface area contributed by atoms with E-state index < -0.39 is 67.3 Å². The van der Waals surface area contributed by atoms with Crippen molar-refractivity contribution in [1.29, 1.82) is 0 Å². The highest BCUT2D eigenvalue weighted by Gasteiger charge is 2.70. The molecule has 4 N–H and O–H groups in total. The third-order valence-electron chi connectivity index (χ3n) is 14.4. The van der Waals surface area contributed by atoms with E-state index >= 15 is 0 Å². The summed E-state index contributed by atoms with van der Waals surface area (Å²) in [6.07, 6.45) is 12.4. The Morgan fingerprint density at radius 1 is 0.849 bits per heavy atom. The van der Waals surface area contributed by atoms with Crippen molar-refractivity contribution < 1.29 is 32.4 Å². The van der Waals surface area contributed by atoms with E-state index in [4.69, 9.17) is 0 Å². The molecule has 5 aliphatic carbocycles. The number of carbonyl (C=O) groups excluding carboxylic acids is 5. The van der Waals surface area contributed by atoms with Gasteiger partial charge in [0, 0.05) is 12.6 Å². The van der Waals surface area contributed by atoms with Crippen molar-refractivity contribution in [2.75, 3.05) is 12.3 Å². The number of hydrogen-bond acceptors (Lipinski definition) is 7. The number of carbonyl (C=O) groups is 5. The number of hydrogen-bond donors (Lipinski definition) is 4. The summed E-state index contributed by atoms with van der Waals surface area (Å²) >= 11 is 0. The van der Waals surface area contributed by atoms with Crippen molar-refractivity contribution in [1.82, 2.24) is 26.2 Å². The van der Waals surface area contributed by atoms with Crippen LogP contribution in [0.5, 0.6) is 0 Å². The molecule has 0 aromatic heterocycles. The van der Waals surface area contributed by atoms with Gasteiger partial charge in [-0.15, -0.1) is 0 Å². The monoisotopic (exact) mass is 759 g/mol. The minimum Gasteiger partial charge on any atom is -0.347 e. The first kappa shape index (κ1) is 40.0. The van der Waals surface area contributed by atoms with Crippen molar-refractivity contribution in [3.05, 3.63) is 0 Å². The molecule has 53 heavy (non-hydrogen) atoms. The lowest BCUT2D eigenvalue weighted by molar-refractivity contribution is -0.146. The normalized spacial score (nSPS) is 28.5. The van der Waals surface area contributed by atoms with Gasteiger partial charge in [-0.25, -0.2) is 13.2 Å². The number of rotatable bonds is 15. The molecular formula is C40H65N5O7S. The molecular weight excluding hydrogens is 695 g/mol. The number of ketones is 1. The fraction of sp³-hybridized carbons (Fsp3) is 0.875. The Morgan fingerprint density at radius 2 is 1.45 bits per heavy atom. The van der Waals surface area contributed by atoms with E-state index in [9.17, 15) is 32.4 Å². The Labute approximate surface area is 316 Å². The molecule has 13 heteroatoms. The first-order chi connectivity index (χ1) is 24.8. The number of amides is 5. The van der Waals surface area contributed by atoms with E-state index in [1.807, 2.05) is 13.8 Å². The third-order valence-corrected chi connectivity index (χ3v) is 17.3. The molecule has 5 atom stereocenters. The molecule has 1 saturated heterocycles. The summed E-state index contributed by atoms with van der Waals surface area (Å²) in [6, 6.07) is -3.26. The van der Waals surface area contributed by atoms with Gasteiger partial charge in [-0.2, -0.15) is 0 Å². The van der Waals surface area contributed by atoms with Gasteiger partial charge >= 0.3 is 6.03 Å². The number of nitrogens with zero attached hydrogens (tertiary/aromatic N) is 1. The predicted molar refractivity (Wildman–Crippen MR) is 202 cm³/mol. The summed E-state index contributed by atoms with van der Waals surface area (Å²) in [6.45, 7) is 11.9. The van der Waals surface area contributed by atoms with E-state index in [2.05, 4.69) is 35.1 Å². The molecule has 5 saturated carbocycles. The number of likely N-dealkylation sites (tertiary alicyclic amines) is 1. The van der Waals surface area contributed by atoms with Gasteiger partial charge in [-0.05, 0) is 93.8 Å². The van der Waals surface area contributed by atoms with Gasteiger partial charge in [-0.1, -0.05) is 79.1 Å². The van der Waals surface area contributed by atoms with Crippen LogP contribution in [0, 0.1) is 28.6 Å². The van der Waals surface area contributed by atoms with Crippen LogP contribution >= 0.6 is 0 Å². The van der Waals surface area contributed by atoms with Crippen LogP contribution in [-0.4, -0.2) is 89.6 Å². The Balaban J connectivity index is 1.24. The first-order valence-electron chi connectivity index (χ1n) is 20.6. The largest absolute Gasteiger partial charge is 0.347 e. The van der Waals surface area contributed by atoms with E-state index in [1.54, 1.807) is 18.7 Å². The molecule has 6 fully saturated rings. The highest BCUT2D eigenvalue weighted by molar-refractivity contribution is 7.92. The summed E-state index contributed by atoms with van der Waals surface area (Å²) in [5, 5.41) is 11.9. The van der Waals surface area contributed by atoms with Crippen LogP contribution in [0.25, 0.3) is 0 Å². The Kier molecular flexibility index (Phi) is 11.1. The smallest absolute Gasteiger partial charge is 0.315 e. The van der Waals surface area contributed by atoms with Crippen LogP contribution in [0.3, 0.4) is 0 Å². The third kappa shape index (κ3) is 8.44. The zero-order valence-electron chi connectivity index (χ0n) is 33.0. The van der Waals surface area contributed by atoms with Gasteiger partial charge in [0.2, 0.25) is 17.6 Å². The van der Waals surface area contributed by atoms with Crippen molar-refractivity contribution in [2.24, 2.45) is 28.6 Å². The molecule has 2 unspecified atom stereocenters. The molecule has 6 aliphatic rings. The predicted octanol–water partition coefficient (Wildman–Crippen LogP) is 4.55. The fourth-order valence-electron chi connectivity index (χ4n) is 9.70. The maximum Gasteiger partial charge on any atom is 0.315 e. The van der Waals surface area contributed by atoms with Crippen molar-refractivity contribution in [3.8, 4) is 0 Å².